The van der Waals surface area contributed by atoms with Gasteiger partial charge >= 0.3 is 0 Å². The van der Waals surface area contributed by atoms with Gasteiger partial charge in [0.05, 0.1) is 6.10 Å². The molecule has 2 nitrogen and oxygen atoms in total. The first-order valence-electron chi connectivity index (χ1n) is 5.16. The summed E-state index contributed by atoms with van der Waals surface area (Å²) >= 11 is 0. The monoisotopic (exact) mass is 206 g/mol. The number of ether oxygens (including phenoxy) is 1. The summed E-state index contributed by atoms with van der Waals surface area (Å²) in [7, 11) is 1.62. The van der Waals surface area contributed by atoms with Gasteiger partial charge in [0.15, 0.2) is 0 Å². The fraction of sp³-hybridized carbons (Fsp3) is 0.385. The van der Waals surface area contributed by atoms with Crippen molar-refractivity contribution in [1.29, 1.82) is 0 Å². The van der Waals surface area contributed by atoms with E-state index in [9.17, 15) is 5.11 Å². The summed E-state index contributed by atoms with van der Waals surface area (Å²) in [6.07, 6.45) is 2.56. The van der Waals surface area contributed by atoms with Crippen LogP contribution in [0.15, 0.2) is 43.0 Å². The van der Waals surface area contributed by atoms with Crippen LogP contribution < -0.4 is 0 Å². The van der Waals surface area contributed by atoms with Gasteiger partial charge in [0, 0.05) is 7.11 Å². The number of hydrogen-bond acceptors (Lipinski definition) is 2. The predicted octanol–water partition coefficient (Wildman–Crippen LogP) is 2.70. The number of methoxy groups -OCH3 is 1. The Labute approximate surface area is 91.2 Å². The summed E-state index contributed by atoms with van der Waals surface area (Å²) in [5, 5.41) is 9.92. The molecule has 0 fully saturated rings. The molecule has 2 unspecified atom stereocenters. The van der Waals surface area contributed by atoms with Crippen molar-refractivity contribution in [3.63, 3.8) is 0 Å². The Morgan fingerprint density at radius 2 is 2.07 bits per heavy atom. The Kier molecular flexibility index (Phi) is 5.08. The molecule has 1 aromatic carbocycles. The number of allylic oxidation sites excluding steroid dienone is 1. The lowest BCUT2D eigenvalue weighted by molar-refractivity contribution is -0.0167. The van der Waals surface area contributed by atoms with Crippen LogP contribution in [0.4, 0.5) is 0 Å². The first kappa shape index (κ1) is 12.0. The highest BCUT2D eigenvalue weighted by Gasteiger charge is 2.19. The molecular weight excluding hydrogens is 188 g/mol. The Bertz CT molecular complexity index is 282. The van der Waals surface area contributed by atoms with Gasteiger partial charge in [0.25, 0.3) is 0 Å². The van der Waals surface area contributed by atoms with Gasteiger partial charge in [0.1, 0.15) is 6.10 Å². The van der Waals surface area contributed by atoms with Crippen LogP contribution in [0.5, 0.6) is 0 Å². The Hall–Kier alpha value is -1.12. The molecule has 1 N–H and O–H groups in total. The minimum Gasteiger partial charge on any atom is -0.390 e. The van der Waals surface area contributed by atoms with Crippen LogP contribution >= 0.6 is 0 Å². The Morgan fingerprint density at radius 1 is 1.40 bits per heavy atom. The van der Waals surface area contributed by atoms with E-state index in [0.29, 0.717) is 6.42 Å². The number of benzene rings is 1. The number of aliphatic hydroxyl groups is 1. The van der Waals surface area contributed by atoms with Crippen molar-refractivity contribution < 1.29 is 9.84 Å². The molecule has 0 saturated carbocycles. The molecule has 0 saturated heterocycles. The van der Waals surface area contributed by atoms with Crippen molar-refractivity contribution >= 4 is 0 Å². The van der Waals surface area contributed by atoms with E-state index < -0.39 is 6.10 Å². The average Bonchev–Trinajstić information content (AvgIpc) is 2.29. The van der Waals surface area contributed by atoms with E-state index in [1.165, 1.54) is 0 Å². The van der Waals surface area contributed by atoms with Gasteiger partial charge in [0.2, 0.25) is 0 Å². The summed E-state index contributed by atoms with van der Waals surface area (Å²) in [6.45, 7) is 3.64. The van der Waals surface area contributed by atoms with E-state index in [2.05, 4.69) is 6.58 Å². The quantitative estimate of drug-likeness (QED) is 0.725. The fourth-order valence-corrected chi connectivity index (χ4v) is 1.60. The van der Waals surface area contributed by atoms with Crippen molar-refractivity contribution in [3.05, 3.63) is 48.6 Å². The lowest BCUT2D eigenvalue weighted by atomic mass is 10.0. The van der Waals surface area contributed by atoms with Crippen molar-refractivity contribution in [2.75, 3.05) is 7.11 Å². The maximum atomic E-state index is 9.92. The van der Waals surface area contributed by atoms with Crippen LogP contribution in [-0.2, 0) is 4.74 Å². The number of rotatable bonds is 6. The van der Waals surface area contributed by atoms with Crippen LogP contribution in [0.2, 0.25) is 0 Å². The molecule has 1 aromatic rings. The van der Waals surface area contributed by atoms with Gasteiger partial charge < -0.3 is 9.84 Å². The largest absolute Gasteiger partial charge is 0.390 e. The molecule has 82 valence electrons. The van der Waals surface area contributed by atoms with Crippen molar-refractivity contribution in [2.24, 2.45) is 0 Å². The molecule has 0 bridgehead atoms. The third-order valence-corrected chi connectivity index (χ3v) is 2.40. The predicted molar refractivity (Wildman–Crippen MR) is 61.6 cm³/mol. The van der Waals surface area contributed by atoms with Crippen molar-refractivity contribution in [2.45, 2.75) is 25.0 Å². The molecule has 0 amide bonds. The highest BCUT2D eigenvalue weighted by Crippen LogP contribution is 2.23. The molecule has 2 atom stereocenters. The zero-order chi connectivity index (χ0) is 11.1. The van der Waals surface area contributed by atoms with Crippen LogP contribution in [0.1, 0.15) is 24.5 Å². The number of aliphatic hydroxyl groups excluding tert-OH is 1. The minimum atomic E-state index is -0.476. The van der Waals surface area contributed by atoms with Crippen LogP contribution in [0.3, 0.4) is 0 Å². The van der Waals surface area contributed by atoms with E-state index in [-0.39, 0.29) is 6.10 Å². The van der Waals surface area contributed by atoms with E-state index >= 15 is 0 Å². The third-order valence-electron chi connectivity index (χ3n) is 2.40. The average molecular weight is 206 g/mol. The molecule has 0 aliphatic rings. The summed E-state index contributed by atoms with van der Waals surface area (Å²) in [4.78, 5) is 0. The van der Waals surface area contributed by atoms with Crippen LogP contribution in [-0.4, -0.2) is 18.3 Å². The van der Waals surface area contributed by atoms with Crippen molar-refractivity contribution in [3.8, 4) is 0 Å². The SMILES string of the molecule is C=CCCC(O)C(OC)c1ccccc1. The van der Waals surface area contributed by atoms with Crippen LogP contribution in [0, 0.1) is 0 Å². The maximum Gasteiger partial charge on any atom is 0.108 e. The normalized spacial score (nSPS) is 14.5. The summed E-state index contributed by atoms with van der Waals surface area (Å²) in [6, 6.07) is 9.77. The van der Waals surface area contributed by atoms with E-state index in [4.69, 9.17) is 4.74 Å². The van der Waals surface area contributed by atoms with E-state index in [1.54, 1.807) is 13.2 Å². The van der Waals surface area contributed by atoms with E-state index in [1.807, 2.05) is 30.3 Å². The topological polar surface area (TPSA) is 29.5 Å². The van der Waals surface area contributed by atoms with Crippen molar-refractivity contribution in [1.82, 2.24) is 0 Å². The van der Waals surface area contributed by atoms with Gasteiger partial charge in [-0.05, 0) is 18.4 Å². The summed E-state index contributed by atoms with van der Waals surface area (Å²) < 4.78 is 5.31. The zero-order valence-corrected chi connectivity index (χ0v) is 9.10. The molecule has 15 heavy (non-hydrogen) atoms. The van der Waals surface area contributed by atoms with Gasteiger partial charge in [-0.25, -0.2) is 0 Å². The Balaban J connectivity index is 2.66. The van der Waals surface area contributed by atoms with Crippen LogP contribution in [0.25, 0.3) is 0 Å². The first-order valence-corrected chi connectivity index (χ1v) is 5.16. The highest BCUT2D eigenvalue weighted by molar-refractivity contribution is 5.18. The molecule has 2 heteroatoms. The second-order valence-electron chi connectivity index (χ2n) is 3.50. The zero-order valence-electron chi connectivity index (χ0n) is 9.10. The maximum absolute atomic E-state index is 9.92. The molecule has 0 aromatic heterocycles. The molecule has 0 aliphatic carbocycles. The highest BCUT2D eigenvalue weighted by atomic mass is 16.5. The smallest absolute Gasteiger partial charge is 0.108 e. The van der Waals surface area contributed by atoms with E-state index in [0.717, 1.165) is 12.0 Å². The lowest BCUT2D eigenvalue weighted by Gasteiger charge is -2.21. The lowest BCUT2D eigenvalue weighted by Crippen LogP contribution is -2.19. The summed E-state index contributed by atoms with van der Waals surface area (Å²) in [5.74, 6) is 0. The number of hydrogen-bond donors (Lipinski definition) is 1. The van der Waals surface area contributed by atoms with Gasteiger partial charge in [-0.2, -0.15) is 0 Å². The molecule has 0 radical (unpaired) electrons. The standard InChI is InChI=1S/C13H18O2/c1-3-4-10-12(14)13(15-2)11-8-6-5-7-9-11/h3,5-9,12-14H,1,4,10H2,2H3. The molecule has 0 heterocycles. The second kappa shape index (κ2) is 6.38. The fourth-order valence-electron chi connectivity index (χ4n) is 1.60. The van der Waals surface area contributed by atoms with Gasteiger partial charge in [-0.15, -0.1) is 6.58 Å². The minimum absolute atomic E-state index is 0.244. The molecule has 0 spiro atoms. The molecule has 1 rings (SSSR count). The second-order valence-corrected chi connectivity index (χ2v) is 3.50. The summed E-state index contributed by atoms with van der Waals surface area (Å²) in [5.41, 5.74) is 1.01. The van der Waals surface area contributed by atoms with Gasteiger partial charge in [-0.3, -0.25) is 0 Å². The third kappa shape index (κ3) is 3.50. The Morgan fingerprint density at radius 3 is 2.60 bits per heavy atom. The first-order chi connectivity index (χ1) is 7.29. The van der Waals surface area contributed by atoms with Gasteiger partial charge in [-0.1, -0.05) is 36.4 Å². The molecular formula is C13H18O2. The molecule has 0 aliphatic heterocycles.